The van der Waals surface area contributed by atoms with E-state index >= 15 is 0 Å². The Balaban J connectivity index is 2.22. The highest BCUT2D eigenvalue weighted by Gasteiger charge is 2.40. The lowest BCUT2D eigenvalue weighted by Gasteiger charge is -2.43. The SMILES string of the molecule is CN(C(=O)c1cncs1)C1(CC(=O)O)CCCCC1. The topological polar surface area (TPSA) is 70.5 Å². The fourth-order valence-electron chi connectivity index (χ4n) is 2.82. The van der Waals surface area contributed by atoms with Crippen LogP contribution in [0, 0.1) is 0 Å². The second-order valence-electron chi connectivity index (χ2n) is 5.09. The molecule has 0 bridgehead atoms. The molecule has 2 rings (SSSR count). The fraction of sp³-hybridized carbons (Fsp3) is 0.615. The van der Waals surface area contributed by atoms with Gasteiger partial charge in [0.15, 0.2) is 0 Å². The number of carboxylic acids is 1. The average Bonchev–Trinajstić information content (AvgIpc) is 2.91. The summed E-state index contributed by atoms with van der Waals surface area (Å²) >= 11 is 1.29. The molecule has 1 aromatic rings. The fourth-order valence-corrected chi connectivity index (χ4v) is 3.42. The van der Waals surface area contributed by atoms with Gasteiger partial charge in [-0.1, -0.05) is 19.3 Å². The standard InChI is InChI=1S/C13H18N2O3S/c1-15(12(18)10-8-14-9-19-10)13(7-11(16)17)5-3-2-4-6-13/h8-9H,2-7H2,1H3,(H,16,17). The third-order valence-corrected chi connectivity index (χ3v) is 4.68. The molecule has 1 aromatic heterocycles. The molecule has 0 aliphatic heterocycles. The summed E-state index contributed by atoms with van der Waals surface area (Å²) in [6.45, 7) is 0. The van der Waals surface area contributed by atoms with Crippen LogP contribution in [0.15, 0.2) is 11.7 Å². The highest BCUT2D eigenvalue weighted by Crippen LogP contribution is 2.36. The van der Waals surface area contributed by atoms with Crippen LogP contribution in [0.25, 0.3) is 0 Å². The molecule has 1 fully saturated rings. The molecule has 0 saturated heterocycles. The van der Waals surface area contributed by atoms with Gasteiger partial charge in [-0.25, -0.2) is 0 Å². The highest BCUT2D eigenvalue weighted by atomic mass is 32.1. The van der Waals surface area contributed by atoms with Gasteiger partial charge in [0.05, 0.1) is 23.7 Å². The van der Waals surface area contributed by atoms with E-state index in [1.54, 1.807) is 23.7 Å². The molecular weight excluding hydrogens is 264 g/mol. The molecule has 19 heavy (non-hydrogen) atoms. The van der Waals surface area contributed by atoms with E-state index in [0.717, 1.165) is 32.1 Å². The maximum atomic E-state index is 12.4. The van der Waals surface area contributed by atoms with Crippen LogP contribution >= 0.6 is 11.3 Å². The van der Waals surface area contributed by atoms with Crippen molar-refractivity contribution in [3.05, 3.63) is 16.6 Å². The van der Waals surface area contributed by atoms with Crippen molar-refractivity contribution < 1.29 is 14.7 Å². The van der Waals surface area contributed by atoms with Crippen molar-refractivity contribution in [2.24, 2.45) is 0 Å². The Morgan fingerprint density at radius 2 is 2.11 bits per heavy atom. The van der Waals surface area contributed by atoms with Crippen molar-refractivity contribution in [2.45, 2.75) is 44.1 Å². The molecular formula is C13H18N2O3S. The summed E-state index contributed by atoms with van der Waals surface area (Å²) in [5.74, 6) is -0.962. The van der Waals surface area contributed by atoms with Gasteiger partial charge in [-0.3, -0.25) is 14.6 Å². The van der Waals surface area contributed by atoms with Crippen LogP contribution in [0.5, 0.6) is 0 Å². The maximum Gasteiger partial charge on any atom is 0.305 e. The maximum absolute atomic E-state index is 12.4. The van der Waals surface area contributed by atoms with E-state index in [1.165, 1.54) is 11.3 Å². The number of carbonyl (C=O) groups is 2. The predicted molar refractivity (Wildman–Crippen MR) is 72.3 cm³/mol. The van der Waals surface area contributed by atoms with E-state index in [1.807, 2.05) is 0 Å². The average molecular weight is 282 g/mol. The molecule has 6 heteroatoms. The number of aliphatic carboxylic acids is 1. The normalized spacial score (nSPS) is 17.9. The van der Waals surface area contributed by atoms with Crippen molar-refractivity contribution in [3.63, 3.8) is 0 Å². The van der Waals surface area contributed by atoms with Gasteiger partial charge in [-0.2, -0.15) is 0 Å². The number of rotatable bonds is 4. The number of hydrogen-bond donors (Lipinski definition) is 1. The van der Waals surface area contributed by atoms with Gasteiger partial charge in [-0.05, 0) is 12.8 Å². The van der Waals surface area contributed by atoms with Gasteiger partial charge in [0.2, 0.25) is 0 Å². The molecule has 1 saturated carbocycles. The zero-order chi connectivity index (χ0) is 13.9. The minimum atomic E-state index is -0.842. The second kappa shape index (κ2) is 5.69. The smallest absolute Gasteiger partial charge is 0.305 e. The number of aromatic nitrogens is 1. The molecule has 0 atom stereocenters. The Hall–Kier alpha value is -1.43. The minimum Gasteiger partial charge on any atom is -0.481 e. The van der Waals surface area contributed by atoms with Crippen molar-refractivity contribution in [2.75, 3.05) is 7.05 Å². The number of amides is 1. The Morgan fingerprint density at radius 3 is 2.63 bits per heavy atom. The predicted octanol–water partition coefficient (Wildman–Crippen LogP) is 2.39. The van der Waals surface area contributed by atoms with E-state index in [4.69, 9.17) is 5.11 Å². The van der Waals surface area contributed by atoms with E-state index in [9.17, 15) is 9.59 Å². The minimum absolute atomic E-state index is 0.0219. The molecule has 1 aliphatic rings. The summed E-state index contributed by atoms with van der Waals surface area (Å²) in [5, 5.41) is 9.14. The first kappa shape index (κ1) is 14.0. The molecule has 1 amide bonds. The summed E-state index contributed by atoms with van der Waals surface area (Å²) in [4.78, 5) is 29.6. The first-order chi connectivity index (χ1) is 9.05. The lowest BCUT2D eigenvalue weighted by molar-refractivity contribution is -0.140. The summed E-state index contributed by atoms with van der Waals surface area (Å²) in [5.41, 5.74) is 1.08. The third-order valence-electron chi connectivity index (χ3n) is 3.92. The number of nitrogens with zero attached hydrogens (tertiary/aromatic N) is 2. The number of hydrogen-bond acceptors (Lipinski definition) is 4. The van der Waals surface area contributed by atoms with Crippen molar-refractivity contribution in [1.29, 1.82) is 0 Å². The molecule has 1 heterocycles. The van der Waals surface area contributed by atoms with Crippen LogP contribution in [-0.2, 0) is 4.79 Å². The van der Waals surface area contributed by atoms with Crippen LogP contribution in [0.3, 0.4) is 0 Å². The Labute approximate surface area is 116 Å². The summed E-state index contributed by atoms with van der Waals surface area (Å²) in [7, 11) is 1.72. The van der Waals surface area contributed by atoms with Gasteiger partial charge in [0.25, 0.3) is 5.91 Å². The van der Waals surface area contributed by atoms with E-state index in [-0.39, 0.29) is 12.3 Å². The van der Waals surface area contributed by atoms with Gasteiger partial charge in [0.1, 0.15) is 4.88 Å². The van der Waals surface area contributed by atoms with Crippen LogP contribution in [0.4, 0.5) is 0 Å². The summed E-state index contributed by atoms with van der Waals surface area (Å²) < 4.78 is 0. The molecule has 1 N–H and O–H groups in total. The highest BCUT2D eigenvalue weighted by molar-refractivity contribution is 7.11. The monoisotopic (exact) mass is 282 g/mol. The third kappa shape index (κ3) is 2.94. The van der Waals surface area contributed by atoms with E-state index < -0.39 is 11.5 Å². The van der Waals surface area contributed by atoms with Gasteiger partial charge < -0.3 is 10.0 Å². The zero-order valence-electron chi connectivity index (χ0n) is 11.0. The van der Waals surface area contributed by atoms with Gasteiger partial charge >= 0.3 is 5.97 Å². The lowest BCUT2D eigenvalue weighted by atomic mass is 9.78. The van der Waals surface area contributed by atoms with Crippen LogP contribution in [0.1, 0.15) is 48.2 Å². The van der Waals surface area contributed by atoms with Crippen LogP contribution in [0.2, 0.25) is 0 Å². The molecule has 0 spiro atoms. The summed E-state index contributed by atoms with van der Waals surface area (Å²) in [6.07, 6.45) is 6.17. The van der Waals surface area contributed by atoms with Crippen LogP contribution < -0.4 is 0 Å². The Morgan fingerprint density at radius 1 is 1.42 bits per heavy atom. The Kier molecular flexibility index (Phi) is 4.19. The van der Waals surface area contributed by atoms with Crippen molar-refractivity contribution in [1.82, 2.24) is 9.88 Å². The van der Waals surface area contributed by atoms with Crippen LogP contribution in [-0.4, -0.2) is 39.5 Å². The number of thiazole rings is 1. The molecule has 0 unspecified atom stereocenters. The molecule has 0 aromatic carbocycles. The second-order valence-corrected chi connectivity index (χ2v) is 5.97. The Bertz CT molecular complexity index is 452. The molecule has 0 radical (unpaired) electrons. The van der Waals surface area contributed by atoms with E-state index in [2.05, 4.69) is 4.98 Å². The first-order valence-electron chi connectivity index (χ1n) is 6.44. The van der Waals surface area contributed by atoms with Gasteiger partial charge in [0, 0.05) is 7.05 Å². The quantitative estimate of drug-likeness (QED) is 0.920. The molecule has 104 valence electrons. The molecule has 5 nitrogen and oxygen atoms in total. The zero-order valence-corrected chi connectivity index (χ0v) is 11.8. The number of carbonyl (C=O) groups excluding carboxylic acids is 1. The largest absolute Gasteiger partial charge is 0.481 e. The summed E-state index contributed by atoms with van der Waals surface area (Å²) in [6, 6.07) is 0. The molecule has 1 aliphatic carbocycles. The first-order valence-corrected chi connectivity index (χ1v) is 7.32. The van der Waals surface area contributed by atoms with Crippen molar-refractivity contribution in [3.8, 4) is 0 Å². The van der Waals surface area contributed by atoms with E-state index in [0.29, 0.717) is 4.88 Å². The number of carboxylic acid groups (broad SMARTS) is 1. The lowest BCUT2D eigenvalue weighted by Crippen LogP contribution is -2.52. The van der Waals surface area contributed by atoms with Crippen molar-refractivity contribution >= 4 is 23.2 Å². The van der Waals surface area contributed by atoms with Gasteiger partial charge in [-0.15, -0.1) is 11.3 Å².